The van der Waals surface area contributed by atoms with Crippen LogP contribution in [0.2, 0.25) is 0 Å². The number of benzene rings is 1. The minimum atomic E-state index is 0.490. The first kappa shape index (κ1) is 13.9. The van der Waals surface area contributed by atoms with E-state index < -0.39 is 0 Å². The Labute approximate surface area is 122 Å². The minimum Gasteiger partial charge on any atom is -0.490 e. The van der Waals surface area contributed by atoms with Crippen molar-refractivity contribution in [3.63, 3.8) is 0 Å². The van der Waals surface area contributed by atoms with E-state index in [1.54, 1.807) is 0 Å². The van der Waals surface area contributed by atoms with E-state index in [1.165, 1.54) is 50.5 Å². The van der Waals surface area contributed by atoms with Crippen LogP contribution in [-0.4, -0.2) is 18.7 Å². The first-order chi connectivity index (χ1) is 9.86. The van der Waals surface area contributed by atoms with Crippen LogP contribution in [0.4, 0.5) is 0 Å². The third kappa shape index (κ3) is 3.54. The Morgan fingerprint density at radius 1 is 1.10 bits per heavy atom. The van der Waals surface area contributed by atoms with E-state index in [-0.39, 0.29) is 0 Å². The van der Waals surface area contributed by atoms with E-state index in [0.717, 1.165) is 12.3 Å². The highest BCUT2D eigenvalue weighted by molar-refractivity contribution is 5.32. The topological polar surface area (TPSA) is 21.3 Å². The van der Waals surface area contributed by atoms with Gasteiger partial charge in [-0.25, -0.2) is 0 Å². The lowest BCUT2D eigenvalue weighted by Gasteiger charge is -2.26. The maximum atomic E-state index is 5.96. The molecule has 2 aliphatic rings. The zero-order chi connectivity index (χ0) is 13.8. The molecule has 110 valence electrons. The van der Waals surface area contributed by atoms with Crippen LogP contribution >= 0.6 is 0 Å². The monoisotopic (exact) mass is 273 g/mol. The summed E-state index contributed by atoms with van der Waals surface area (Å²) in [6, 6.07) is 9.50. The van der Waals surface area contributed by atoms with Crippen molar-refractivity contribution in [2.45, 2.75) is 69.9 Å². The van der Waals surface area contributed by atoms with Crippen molar-refractivity contribution in [1.82, 2.24) is 5.32 Å². The summed E-state index contributed by atoms with van der Waals surface area (Å²) in [5.41, 5.74) is 1.47. The predicted molar refractivity (Wildman–Crippen MR) is 83.4 cm³/mol. The molecule has 0 aromatic heterocycles. The summed E-state index contributed by atoms with van der Waals surface area (Å²) in [5, 5.41) is 3.70. The highest BCUT2D eigenvalue weighted by atomic mass is 16.5. The third-order valence-corrected chi connectivity index (χ3v) is 4.60. The van der Waals surface area contributed by atoms with Crippen molar-refractivity contribution in [2.24, 2.45) is 0 Å². The van der Waals surface area contributed by atoms with Crippen molar-refractivity contribution in [2.75, 3.05) is 6.54 Å². The van der Waals surface area contributed by atoms with Crippen molar-refractivity contribution in [3.05, 3.63) is 29.8 Å². The molecule has 3 rings (SSSR count). The molecule has 1 N–H and O–H groups in total. The second kappa shape index (κ2) is 6.62. The number of nitrogens with one attached hydrogen (secondary N) is 1. The van der Waals surface area contributed by atoms with Gasteiger partial charge in [0, 0.05) is 6.04 Å². The van der Waals surface area contributed by atoms with Gasteiger partial charge in [0.05, 0.1) is 6.10 Å². The lowest BCUT2D eigenvalue weighted by molar-refractivity contribution is 0.302. The molecular weight excluding hydrogens is 246 g/mol. The molecule has 0 radical (unpaired) electrons. The van der Waals surface area contributed by atoms with Gasteiger partial charge in [0.2, 0.25) is 0 Å². The van der Waals surface area contributed by atoms with E-state index in [1.807, 2.05) is 0 Å². The number of likely N-dealkylation sites (N-methyl/N-ethyl adjacent to an activating group) is 1. The molecule has 2 aliphatic carbocycles. The van der Waals surface area contributed by atoms with Crippen LogP contribution in [0.25, 0.3) is 0 Å². The minimum absolute atomic E-state index is 0.490. The number of ether oxygens (including phenoxy) is 1. The van der Waals surface area contributed by atoms with Gasteiger partial charge in [-0.1, -0.05) is 38.3 Å². The van der Waals surface area contributed by atoms with Crippen LogP contribution in [0.3, 0.4) is 0 Å². The molecule has 2 saturated carbocycles. The van der Waals surface area contributed by atoms with Gasteiger partial charge >= 0.3 is 0 Å². The van der Waals surface area contributed by atoms with Crippen molar-refractivity contribution < 1.29 is 4.74 Å². The van der Waals surface area contributed by atoms with E-state index in [2.05, 4.69) is 36.5 Å². The van der Waals surface area contributed by atoms with Crippen molar-refractivity contribution in [3.8, 4) is 5.75 Å². The summed E-state index contributed by atoms with van der Waals surface area (Å²) in [4.78, 5) is 0. The van der Waals surface area contributed by atoms with Gasteiger partial charge in [-0.3, -0.25) is 0 Å². The fourth-order valence-corrected chi connectivity index (χ4v) is 3.41. The van der Waals surface area contributed by atoms with Gasteiger partial charge in [0.15, 0.2) is 0 Å². The molecular formula is C18H27NO. The van der Waals surface area contributed by atoms with Crippen LogP contribution in [0.1, 0.15) is 63.4 Å². The van der Waals surface area contributed by atoms with Crippen molar-refractivity contribution in [1.29, 1.82) is 0 Å². The SMILES string of the molecule is CCNC1CCCCCC1c1cccc(OC2CC2)c1. The Balaban J connectivity index is 1.76. The van der Waals surface area contributed by atoms with E-state index in [9.17, 15) is 0 Å². The molecule has 1 aromatic rings. The Morgan fingerprint density at radius 3 is 2.75 bits per heavy atom. The standard InChI is InChI=1S/C18H27NO/c1-2-19-18-10-5-3-4-9-17(18)14-7-6-8-16(13-14)20-15-11-12-15/h6-8,13,15,17-19H,2-5,9-12H2,1H3. The quantitative estimate of drug-likeness (QED) is 0.810. The van der Waals surface area contributed by atoms with Crippen LogP contribution in [0, 0.1) is 0 Å². The van der Waals surface area contributed by atoms with Crippen molar-refractivity contribution >= 4 is 0 Å². The van der Waals surface area contributed by atoms with Crippen LogP contribution < -0.4 is 10.1 Å². The van der Waals surface area contributed by atoms with E-state index >= 15 is 0 Å². The summed E-state index contributed by atoms with van der Waals surface area (Å²) >= 11 is 0. The Bertz CT molecular complexity index is 427. The molecule has 2 nitrogen and oxygen atoms in total. The molecule has 1 aromatic carbocycles. The lowest BCUT2D eigenvalue weighted by atomic mass is 9.87. The first-order valence-corrected chi connectivity index (χ1v) is 8.37. The molecule has 20 heavy (non-hydrogen) atoms. The Hall–Kier alpha value is -1.02. The normalized spacial score (nSPS) is 27.1. The summed E-state index contributed by atoms with van der Waals surface area (Å²) in [5.74, 6) is 1.73. The number of rotatable bonds is 5. The van der Waals surface area contributed by atoms with E-state index in [0.29, 0.717) is 18.1 Å². The van der Waals surface area contributed by atoms with Crippen LogP contribution in [-0.2, 0) is 0 Å². The summed E-state index contributed by atoms with van der Waals surface area (Å²) < 4.78 is 5.96. The molecule has 0 heterocycles. The molecule has 0 spiro atoms. The fraction of sp³-hybridized carbons (Fsp3) is 0.667. The molecule has 2 fully saturated rings. The molecule has 0 amide bonds. The van der Waals surface area contributed by atoms with Gasteiger partial charge in [0.25, 0.3) is 0 Å². The van der Waals surface area contributed by atoms with Crippen LogP contribution in [0.5, 0.6) is 5.75 Å². The van der Waals surface area contributed by atoms with Gasteiger partial charge in [-0.2, -0.15) is 0 Å². The zero-order valence-corrected chi connectivity index (χ0v) is 12.6. The largest absolute Gasteiger partial charge is 0.490 e. The molecule has 2 atom stereocenters. The Morgan fingerprint density at radius 2 is 1.95 bits per heavy atom. The molecule has 0 saturated heterocycles. The molecule has 2 heteroatoms. The number of hydrogen-bond acceptors (Lipinski definition) is 2. The lowest BCUT2D eigenvalue weighted by Crippen LogP contribution is -2.34. The average molecular weight is 273 g/mol. The maximum absolute atomic E-state index is 5.96. The smallest absolute Gasteiger partial charge is 0.120 e. The van der Waals surface area contributed by atoms with Crippen LogP contribution in [0.15, 0.2) is 24.3 Å². The predicted octanol–water partition coefficient (Wildman–Crippen LogP) is 4.25. The molecule has 2 unspecified atom stereocenters. The maximum Gasteiger partial charge on any atom is 0.120 e. The second-order valence-corrected chi connectivity index (χ2v) is 6.30. The van der Waals surface area contributed by atoms with E-state index in [4.69, 9.17) is 4.74 Å². The van der Waals surface area contributed by atoms with Gasteiger partial charge in [-0.05, 0) is 55.8 Å². The highest BCUT2D eigenvalue weighted by Crippen LogP contribution is 2.34. The fourth-order valence-electron chi connectivity index (χ4n) is 3.41. The number of hydrogen-bond donors (Lipinski definition) is 1. The third-order valence-electron chi connectivity index (χ3n) is 4.60. The average Bonchev–Trinajstić information content (AvgIpc) is 3.27. The summed E-state index contributed by atoms with van der Waals surface area (Å²) in [6.45, 7) is 3.29. The second-order valence-electron chi connectivity index (χ2n) is 6.30. The molecule has 0 aliphatic heterocycles. The highest BCUT2D eigenvalue weighted by Gasteiger charge is 2.26. The summed E-state index contributed by atoms with van der Waals surface area (Å²) in [6.07, 6.45) is 9.69. The summed E-state index contributed by atoms with van der Waals surface area (Å²) in [7, 11) is 0. The zero-order valence-electron chi connectivity index (χ0n) is 12.6. The Kier molecular flexibility index (Phi) is 4.62. The molecule has 0 bridgehead atoms. The van der Waals surface area contributed by atoms with Gasteiger partial charge in [-0.15, -0.1) is 0 Å². The first-order valence-electron chi connectivity index (χ1n) is 8.37. The van der Waals surface area contributed by atoms with Gasteiger partial charge in [0.1, 0.15) is 5.75 Å². The van der Waals surface area contributed by atoms with Gasteiger partial charge < -0.3 is 10.1 Å².